The highest BCUT2D eigenvalue weighted by molar-refractivity contribution is 5.87. The van der Waals surface area contributed by atoms with Crippen molar-refractivity contribution < 1.29 is 9.84 Å². The lowest BCUT2D eigenvalue weighted by atomic mass is 9.90. The van der Waals surface area contributed by atoms with E-state index >= 15 is 0 Å². The van der Waals surface area contributed by atoms with E-state index in [0.29, 0.717) is 17.7 Å². The first-order chi connectivity index (χ1) is 8.92. The molecule has 0 radical (unpaired) electrons. The van der Waals surface area contributed by atoms with E-state index in [0.717, 1.165) is 10.9 Å². The topological polar surface area (TPSA) is 51.5 Å². The molecule has 4 nitrogen and oxygen atoms in total. The van der Waals surface area contributed by atoms with Crippen LogP contribution in [-0.4, -0.2) is 21.4 Å². The van der Waals surface area contributed by atoms with Gasteiger partial charge < -0.3 is 14.4 Å². The number of hydrogen-bond acceptors (Lipinski definition) is 3. The average Bonchev–Trinajstić information content (AvgIpc) is 2.38. The molecule has 1 atom stereocenters. The lowest BCUT2D eigenvalue weighted by Gasteiger charge is -2.37. The van der Waals surface area contributed by atoms with E-state index in [1.807, 2.05) is 38.1 Å². The normalized spacial score (nSPS) is 20.9. The molecule has 2 heterocycles. The standard InChI is InChI=1S/C15H17NO3/c1-15(2)12(17)8-10-13(19-15)9-6-4-5-7-11(9)16(3)14(10)18/h4-7,12,17H,8H2,1-3H3. The molecule has 1 aromatic carbocycles. The monoisotopic (exact) mass is 259 g/mol. The fourth-order valence-electron chi connectivity index (χ4n) is 2.60. The fourth-order valence-corrected chi connectivity index (χ4v) is 2.60. The van der Waals surface area contributed by atoms with Gasteiger partial charge in [0.2, 0.25) is 0 Å². The number of aliphatic hydroxyl groups is 1. The molecule has 0 aliphatic carbocycles. The van der Waals surface area contributed by atoms with E-state index in [9.17, 15) is 9.90 Å². The van der Waals surface area contributed by atoms with Crippen LogP contribution in [0.1, 0.15) is 19.4 Å². The van der Waals surface area contributed by atoms with Crippen LogP contribution in [0.25, 0.3) is 10.9 Å². The summed E-state index contributed by atoms with van der Waals surface area (Å²) in [6, 6.07) is 7.67. The number of fused-ring (bicyclic) bond motifs is 3. The van der Waals surface area contributed by atoms with Crippen LogP contribution in [0.2, 0.25) is 0 Å². The van der Waals surface area contributed by atoms with Gasteiger partial charge in [-0.1, -0.05) is 12.1 Å². The molecule has 1 N–H and O–H groups in total. The zero-order valence-electron chi connectivity index (χ0n) is 11.3. The molecule has 3 rings (SSSR count). The van der Waals surface area contributed by atoms with Gasteiger partial charge in [0.05, 0.1) is 17.2 Å². The smallest absolute Gasteiger partial charge is 0.257 e. The summed E-state index contributed by atoms with van der Waals surface area (Å²) < 4.78 is 7.53. The SMILES string of the molecule is Cn1c(=O)c2c(c3ccccc31)OC(C)(C)C(O)C2. The summed E-state index contributed by atoms with van der Waals surface area (Å²) in [6.07, 6.45) is -0.339. The van der Waals surface area contributed by atoms with Crippen LogP contribution < -0.4 is 10.3 Å². The maximum absolute atomic E-state index is 12.4. The Morgan fingerprint density at radius 1 is 1.37 bits per heavy atom. The molecule has 0 saturated heterocycles. The molecule has 2 aromatic rings. The number of para-hydroxylation sites is 1. The summed E-state index contributed by atoms with van der Waals surface area (Å²) in [6.45, 7) is 3.68. The van der Waals surface area contributed by atoms with Crippen LogP contribution in [0.5, 0.6) is 5.75 Å². The summed E-state index contributed by atoms with van der Waals surface area (Å²) >= 11 is 0. The lowest BCUT2D eigenvalue weighted by Crippen LogP contribution is -2.48. The van der Waals surface area contributed by atoms with Gasteiger partial charge in [-0.3, -0.25) is 4.79 Å². The summed E-state index contributed by atoms with van der Waals surface area (Å²) in [7, 11) is 1.75. The fraction of sp³-hybridized carbons (Fsp3) is 0.400. The first kappa shape index (κ1) is 12.2. The van der Waals surface area contributed by atoms with Crippen molar-refractivity contribution in [2.75, 3.05) is 0 Å². The van der Waals surface area contributed by atoms with Gasteiger partial charge >= 0.3 is 0 Å². The highest BCUT2D eigenvalue weighted by atomic mass is 16.5. The van der Waals surface area contributed by atoms with Gasteiger partial charge in [-0.25, -0.2) is 0 Å². The van der Waals surface area contributed by atoms with Crippen molar-refractivity contribution >= 4 is 10.9 Å². The van der Waals surface area contributed by atoms with E-state index < -0.39 is 11.7 Å². The summed E-state index contributed by atoms with van der Waals surface area (Å²) in [5, 5.41) is 11.0. The molecule has 19 heavy (non-hydrogen) atoms. The Balaban J connectivity index is 2.40. The number of hydrogen-bond donors (Lipinski definition) is 1. The zero-order valence-corrected chi connectivity index (χ0v) is 11.3. The van der Waals surface area contributed by atoms with Crippen LogP contribution in [-0.2, 0) is 13.5 Å². The van der Waals surface area contributed by atoms with E-state index in [2.05, 4.69) is 0 Å². The van der Waals surface area contributed by atoms with Crippen molar-refractivity contribution in [2.24, 2.45) is 7.05 Å². The summed E-state index contributed by atoms with van der Waals surface area (Å²) in [5.41, 5.74) is 0.636. The van der Waals surface area contributed by atoms with E-state index in [4.69, 9.17) is 4.74 Å². The van der Waals surface area contributed by atoms with E-state index in [1.165, 1.54) is 0 Å². The van der Waals surface area contributed by atoms with Crippen LogP contribution in [0, 0.1) is 0 Å². The number of rotatable bonds is 0. The number of benzene rings is 1. The quantitative estimate of drug-likeness (QED) is 0.782. The minimum Gasteiger partial charge on any atom is -0.484 e. The molecule has 1 aliphatic heterocycles. The van der Waals surface area contributed by atoms with Gasteiger partial charge in [0.25, 0.3) is 5.56 Å². The van der Waals surface area contributed by atoms with Crippen LogP contribution in [0.15, 0.2) is 29.1 Å². The average molecular weight is 259 g/mol. The Morgan fingerprint density at radius 3 is 2.79 bits per heavy atom. The van der Waals surface area contributed by atoms with Gasteiger partial charge in [-0.15, -0.1) is 0 Å². The van der Waals surface area contributed by atoms with Gasteiger partial charge in [-0.2, -0.15) is 0 Å². The highest BCUT2D eigenvalue weighted by Gasteiger charge is 2.38. The minimum atomic E-state index is -0.678. The van der Waals surface area contributed by atoms with Crippen LogP contribution >= 0.6 is 0 Å². The second-order valence-corrected chi connectivity index (χ2v) is 5.61. The third-order valence-corrected chi connectivity index (χ3v) is 3.91. The Labute approximate surface area is 111 Å². The maximum Gasteiger partial charge on any atom is 0.257 e. The Morgan fingerprint density at radius 2 is 2.05 bits per heavy atom. The van der Waals surface area contributed by atoms with Crippen molar-refractivity contribution in [3.8, 4) is 5.75 Å². The Hall–Kier alpha value is -1.81. The molecular weight excluding hydrogens is 242 g/mol. The summed E-state index contributed by atoms with van der Waals surface area (Å²) in [5.74, 6) is 0.619. The number of aromatic nitrogens is 1. The number of pyridine rings is 1. The molecular formula is C15H17NO3. The van der Waals surface area contributed by atoms with Crippen molar-refractivity contribution in [2.45, 2.75) is 32.0 Å². The molecule has 1 aromatic heterocycles. The third-order valence-electron chi connectivity index (χ3n) is 3.91. The number of ether oxygens (including phenoxy) is 1. The molecule has 0 saturated carbocycles. The van der Waals surface area contributed by atoms with Crippen molar-refractivity contribution in [1.29, 1.82) is 0 Å². The lowest BCUT2D eigenvalue weighted by molar-refractivity contribution is -0.0405. The first-order valence-electron chi connectivity index (χ1n) is 6.39. The Kier molecular flexibility index (Phi) is 2.47. The molecule has 1 aliphatic rings. The second kappa shape index (κ2) is 3.84. The predicted molar refractivity (Wildman–Crippen MR) is 73.6 cm³/mol. The summed E-state index contributed by atoms with van der Waals surface area (Å²) in [4.78, 5) is 12.4. The first-order valence-corrected chi connectivity index (χ1v) is 6.39. The van der Waals surface area contributed by atoms with E-state index in [-0.39, 0.29) is 5.56 Å². The molecule has 0 spiro atoms. The van der Waals surface area contributed by atoms with Crippen molar-refractivity contribution in [1.82, 2.24) is 4.57 Å². The molecule has 1 unspecified atom stereocenters. The number of nitrogens with zero attached hydrogens (tertiary/aromatic N) is 1. The molecule has 0 bridgehead atoms. The minimum absolute atomic E-state index is 0.0942. The van der Waals surface area contributed by atoms with Gasteiger partial charge in [0, 0.05) is 18.9 Å². The van der Waals surface area contributed by atoms with Crippen molar-refractivity contribution in [3.63, 3.8) is 0 Å². The molecule has 100 valence electrons. The molecule has 0 fully saturated rings. The van der Waals surface area contributed by atoms with E-state index in [1.54, 1.807) is 11.6 Å². The molecule has 0 amide bonds. The third kappa shape index (κ3) is 1.67. The van der Waals surface area contributed by atoms with Gasteiger partial charge in [0.1, 0.15) is 11.4 Å². The van der Waals surface area contributed by atoms with Gasteiger partial charge in [-0.05, 0) is 26.0 Å². The Bertz CT molecular complexity index is 715. The molecule has 4 heteroatoms. The largest absolute Gasteiger partial charge is 0.484 e. The van der Waals surface area contributed by atoms with Crippen LogP contribution in [0.3, 0.4) is 0 Å². The number of aliphatic hydroxyl groups excluding tert-OH is 1. The van der Waals surface area contributed by atoms with Crippen LogP contribution in [0.4, 0.5) is 0 Å². The highest BCUT2D eigenvalue weighted by Crippen LogP contribution is 2.36. The predicted octanol–water partition coefficient (Wildman–Crippen LogP) is 1.61. The zero-order chi connectivity index (χ0) is 13.8. The second-order valence-electron chi connectivity index (χ2n) is 5.61. The van der Waals surface area contributed by atoms with Crippen molar-refractivity contribution in [3.05, 3.63) is 40.2 Å². The number of aryl methyl sites for hydroxylation is 1. The van der Waals surface area contributed by atoms with Gasteiger partial charge in [0.15, 0.2) is 0 Å². The maximum atomic E-state index is 12.4.